The molecule has 0 unspecified atom stereocenters. The molecule has 136 valence electrons. The average Bonchev–Trinajstić information content (AvgIpc) is 2.58. The van der Waals surface area contributed by atoms with Crippen molar-refractivity contribution in [1.82, 2.24) is 4.90 Å². The molecular weight excluding hydrogens is 380 g/mol. The molecule has 0 radical (unpaired) electrons. The van der Waals surface area contributed by atoms with Gasteiger partial charge in [-0.3, -0.25) is 9.35 Å². The molecule has 1 heterocycles. The number of fused-ring (bicyclic) bond motifs is 1. The monoisotopic (exact) mass is 394 g/mol. The highest BCUT2D eigenvalue weighted by molar-refractivity contribution is 7.80. The first kappa shape index (κ1) is 18.4. The standard InChI is InChI=1S/C17H15ClN2O5S/c1-11-4-2-3-5-14(11)17(21)20-9-12-8-13(18)6-7-15(12)16(10-20)19-25-26(22,23)24/h2-8H,9-10H2,1H3,(H,22,23,24)/b19-16-. The molecule has 0 aromatic heterocycles. The summed E-state index contributed by atoms with van der Waals surface area (Å²) >= 11 is 6.03. The van der Waals surface area contributed by atoms with Gasteiger partial charge in [-0.1, -0.05) is 41.0 Å². The predicted molar refractivity (Wildman–Crippen MR) is 96.5 cm³/mol. The molecule has 0 saturated heterocycles. The zero-order valence-electron chi connectivity index (χ0n) is 13.7. The molecule has 0 spiro atoms. The van der Waals surface area contributed by atoms with Crippen molar-refractivity contribution in [2.24, 2.45) is 5.16 Å². The third-order valence-corrected chi connectivity index (χ3v) is 4.48. The summed E-state index contributed by atoms with van der Waals surface area (Å²) in [7, 11) is -4.75. The highest BCUT2D eigenvalue weighted by Crippen LogP contribution is 2.25. The fourth-order valence-corrected chi connectivity index (χ4v) is 3.18. The van der Waals surface area contributed by atoms with Gasteiger partial charge in [-0.15, -0.1) is 0 Å². The van der Waals surface area contributed by atoms with E-state index in [1.165, 1.54) is 4.90 Å². The molecule has 1 aliphatic heterocycles. The fourth-order valence-electron chi connectivity index (χ4n) is 2.80. The van der Waals surface area contributed by atoms with Crippen LogP contribution in [-0.2, 0) is 21.2 Å². The molecule has 0 bridgehead atoms. The first-order chi connectivity index (χ1) is 12.2. The molecule has 9 heteroatoms. The van der Waals surface area contributed by atoms with Crippen LogP contribution in [0.5, 0.6) is 0 Å². The van der Waals surface area contributed by atoms with Gasteiger partial charge < -0.3 is 4.90 Å². The number of amides is 1. The summed E-state index contributed by atoms with van der Waals surface area (Å²) in [4.78, 5) is 14.4. The van der Waals surface area contributed by atoms with Gasteiger partial charge in [0.05, 0.1) is 6.54 Å². The van der Waals surface area contributed by atoms with Crippen LogP contribution in [0.15, 0.2) is 47.6 Å². The Balaban J connectivity index is 2.00. The number of benzene rings is 2. The largest absolute Gasteiger partial charge is 0.466 e. The van der Waals surface area contributed by atoms with E-state index in [2.05, 4.69) is 9.44 Å². The van der Waals surface area contributed by atoms with Gasteiger partial charge in [0.25, 0.3) is 5.91 Å². The zero-order valence-corrected chi connectivity index (χ0v) is 15.3. The van der Waals surface area contributed by atoms with E-state index >= 15 is 0 Å². The molecular formula is C17H15ClN2O5S. The van der Waals surface area contributed by atoms with Crippen molar-refractivity contribution in [2.45, 2.75) is 13.5 Å². The van der Waals surface area contributed by atoms with Gasteiger partial charge in [-0.05, 0) is 36.2 Å². The lowest BCUT2D eigenvalue weighted by Gasteiger charge is -2.30. The van der Waals surface area contributed by atoms with Crippen molar-refractivity contribution in [1.29, 1.82) is 0 Å². The lowest BCUT2D eigenvalue weighted by molar-refractivity contribution is 0.0763. The second kappa shape index (κ2) is 7.06. The fraction of sp³-hybridized carbons (Fsp3) is 0.176. The van der Waals surface area contributed by atoms with E-state index in [-0.39, 0.29) is 24.7 Å². The summed E-state index contributed by atoms with van der Waals surface area (Å²) in [6.45, 7) is 2.14. The third kappa shape index (κ3) is 4.04. The summed E-state index contributed by atoms with van der Waals surface area (Å²) < 4.78 is 34.6. The minimum Gasteiger partial charge on any atom is -0.328 e. The molecule has 1 aliphatic rings. The SMILES string of the molecule is Cc1ccccc1C(=O)N1C/C(=N/OS(=O)(=O)O)c2ccc(Cl)cc2C1. The Bertz CT molecular complexity index is 1000. The first-order valence-electron chi connectivity index (χ1n) is 7.61. The topological polar surface area (TPSA) is 96.3 Å². The normalized spacial score (nSPS) is 15.7. The summed E-state index contributed by atoms with van der Waals surface area (Å²) in [6, 6.07) is 12.1. The van der Waals surface area contributed by atoms with E-state index in [1.54, 1.807) is 30.3 Å². The molecule has 7 nitrogen and oxygen atoms in total. The number of hydrogen-bond acceptors (Lipinski definition) is 5. The second-order valence-electron chi connectivity index (χ2n) is 5.82. The van der Waals surface area contributed by atoms with Crippen LogP contribution in [0.4, 0.5) is 0 Å². The summed E-state index contributed by atoms with van der Waals surface area (Å²) in [5.74, 6) is -0.228. The molecule has 0 fully saturated rings. The molecule has 0 atom stereocenters. The van der Waals surface area contributed by atoms with Crippen LogP contribution in [0.2, 0.25) is 5.02 Å². The van der Waals surface area contributed by atoms with Crippen molar-refractivity contribution in [3.05, 3.63) is 69.7 Å². The van der Waals surface area contributed by atoms with Gasteiger partial charge in [-0.25, -0.2) is 4.28 Å². The number of rotatable bonds is 3. The van der Waals surface area contributed by atoms with Crippen LogP contribution in [-0.4, -0.2) is 36.0 Å². The van der Waals surface area contributed by atoms with Gasteiger partial charge in [-0.2, -0.15) is 8.42 Å². The van der Waals surface area contributed by atoms with Crippen LogP contribution in [0.1, 0.15) is 27.0 Å². The van der Waals surface area contributed by atoms with E-state index in [9.17, 15) is 13.2 Å². The maximum Gasteiger partial charge on any atom is 0.466 e. The van der Waals surface area contributed by atoms with Gasteiger partial charge in [0.15, 0.2) is 0 Å². The number of carbonyl (C=O) groups excluding carboxylic acids is 1. The van der Waals surface area contributed by atoms with Crippen molar-refractivity contribution >= 4 is 33.6 Å². The maximum atomic E-state index is 12.9. The predicted octanol–water partition coefficient (Wildman–Crippen LogP) is 2.83. The molecule has 2 aromatic carbocycles. The van der Waals surface area contributed by atoms with Crippen molar-refractivity contribution in [2.75, 3.05) is 6.54 Å². The molecule has 0 saturated carbocycles. The second-order valence-corrected chi connectivity index (χ2v) is 7.26. The smallest absolute Gasteiger partial charge is 0.328 e. The summed E-state index contributed by atoms with van der Waals surface area (Å²) in [6.07, 6.45) is 0. The zero-order chi connectivity index (χ0) is 18.9. The quantitative estimate of drug-likeness (QED) is 0.637. The number of hydrogen-bond donors (Lipinski definition) is 1. The van der Waals surface area contributed by atoms with Crippen LogP contribution in [0.3, 0.4) is 0 Å². The number of carbonyl (C=O) groups is 1. The van der Waals surface area contributed by atoms with Gasteiger partial charge in [0, 0.05) is 22.7 Å². The number of oxime groups is 1. The minimum atomic E-state index is -4.75. The highest BCUT2D eigenvalue weighted by atomic mass is 35.5. The Morgan fingerprint density at radius 3 is 2.65 bits per heavy atom. The molecule has 1 amide bonds. The lowest BCUT2D eigenvalue weighted by Crippen LogP contribution is -2.40. The van der Waals surface area contributed by atoms with Crippen molar-refractivity contribution < 1.29 is 22.0 Å². The third-order valence-electron chi connectivity index (χ3n) is 3.98. The summed E-state index contributed by atoms with van der Waals surface area (Å²) in [5.41, 5.74) is 2.85. The first-order valence-corrected chi connectivity index (χ1v) is 9.35. The van der Waals surface area contributed by atoms with Gasteiger partial charge in [0.1, 0.15) is 5.71 Å². The Hall–Kier alpha value is -2.42. The number of aryl methyl sites for hydroxylation is 1. The number of halogens is 1. The Morgan fingerprint density at radius 1 is 1.23 bits per heavy atom. The minimum absolute atomic E-state index is 0.0251. The summed E-state index contributed by atoms with van der Waals surface area (Å²) in [5, 5.41) is 3.99. The number of nitrogens with zero attached hydrogens (tertiary/aromatic N) is 2. The highest BCUT2D eigenvalue weighted by Gasteiger charge is 2.27. The molecule has 0 aliphatic carbocycles. The molecule has 3 rings (SSSR count). The van der Waals surface area contributed by atoms with E-state index in [1.807, 2.05) is 19.1 Å². The van der Waals surface area contributed by atoms with Gasteiger partial charge >= 0.3 is 10.4 Å². The van der Waals surface area contributed by atoms with E-state index in [0.717, 1.165) is 5.56 Å². The Morgan fingerprint density at radius 2 is 1.96 bits per heavy atom. The Kier molecular flexibility index (Phi) is 4.99. The molecule has 26 heavy (non-hydrogen) atoms. The van der Waals surface area contributed by atoms with Crippen LogP contribution in [0, 0.1) is 6.92 Å². The molecule has 1 N–H and O–H groups in total. The average molecular weight is 395 g/mol. The van der Waals surface area contributed by atoms with Crippen molar-refractivity contribution in [3.63, 3.8) is 0 Å². The van der Waals surface area contributed by atoms with Crippen molar-refractivity contribution in [3.8, 4) is 0 Å². The Labute approximate surface area is 155 Å². The van der Waals surface area contributed by atoms with Crippen LogP contribution >= 0.6 is 11.6 Å². The van der Waals surface area contributed by atoms with E-state index < -0.39 is 10.4 Å². The van der Waals surface area contributed by atoms with Gasteiger partial charge in [0.2, 0.25) is 0 Å². The maximum absolute atomic E-state index is 12.9. The van der Waals surface area contributed by atoms with Crippen LogP contribution in [0.25, 0.3) is 0 Å². The van der Waals surface area contributed by atoms with E-state index in [4.69, 9.17) is 16.2 Å². The molecule has 2 aromatic rings. The van der Waals surface area contributed by atoms with Crippen LogP contribution < -0.4 is 0 Å². The van der Waals surface area contributed by atoms with E-state index in [0.29, 0.717) is 21.7 Å². The lowest BCUT2D eigenvalue weighted by atomic mass is 9.97.